The Kier molecular flexibility index (Phi) is 8.04. The van der Waals surface area contributed by atoms with Crippen LogP contribution in [-0.4, -0.2) is 43.0 Å². The number of fused-ring (bicyclic) bond motifs is 1. The summed E-state index contributed by atoms with van der Waals surface area (Å²) in [4.78, 5) is 29.6. The van der Waals surface area contributed by atoms with Crippen LogP contribution in [0.3, 0.4) is 0 Å². The number of carbonyl (C=O) groups is 2. The Morgan fingerprint density at radius 1 is 0.838 bits per heavy atom. The average Bonchev–Trinajstić information content (AvgIpc) is 3.36. The molecule has 0 bridgehead atoms. The first-order valence-corrected chi connectivity index (χ1v) is 13.3. The van der Waals surface area contributed by atoms with Gasteiger partial charge in [-0.05, 0) is 54.2 Å². The highest BCUT2D eigenvalue weighted by Crippen LogP contribution is 2.28. The van der Waals surface area contributed by atoms with Gasteiger partial charge in [-0.3, -0.25) is 9.59 Å². The van der Waals surface area contributed by atoms with Crippen LogP contribution in [0, 0.1) is 5.92 Å². The van der Waals surface area contributed by atoms with Gasteiger partial charge in [-0.1, -0.05) is 60.7 Å². The molecule has 2 aliphatic heterocycles. The first-order chi connectivity index (χ1) is 18.2. The van der Waals surface area contributed by atoms with E-state index in [0.717, 1.165) is 30.8 Å². The maximum atomic E-state index is 12.7. The number of para-hydroxylation sites is 2. The molecule has 1 N–H and O–H groups in total. The van der Waals surface area contributed by atoms with E-state index in [-0.39, 0.29) is 17.7 Å². The van der Waals surface area contributed by atoms with E-state index in [0.29, 0.717) is 45.5 Å². The lowest BCUT2D eigenvalue weighted by Crippen LogP contribution is -2.43. The topological polar surface area (TPSA) is 61.9 Å². The van der Waals surface area contributed by atoms with Gasteiger partial charge in [0.05, 0.1) is 13.0 Å². The zero-order valence-corrected chi connectivity index (χ0v) is 21.3. The van der Waals surface area contributed by atoms with Gasteiger partial charge < -0.3 is 19.9 Å². The molecular weight excluding hydrogens is 462 g/mol. The molecule has 0 unspecified atom stereocenters. The van der Waals surface area contributed by atoms with Crippen molar-refractivity contribution in [1.29, 1.82) is 0 Å². The Labute approximate surface area is 219 Å². The molecule has 6 nitrogen and oxygen atoms in total. The predicted molar refractivity (Wildman–Crippen MR) is 145 cm³/mol. The fourth-order valence-corrected chi connectivity index (χ4v) is 5.21. The summed E-state index contributed by atoms with van der Waals surface area (Å²) in [5, 5.41) is 3.10. The zero-order valence-electron chi connectivity index (χ0n) is 21.3. The van der Waals surface area contributed by atoms with E-state index in [1.54, 1.807) is 0 Å². The molecule has 6 heteroatoms. The Morgan fingerprint density at radius 3 is 2.32 bits per heavy atom. The summed E-state index contributed by atoms with van der Waals surface area (Å²) in [6.07, 6.45) is 2.86. The first kappa shape index (κ1) is 24.9. The van der Waals surface area contributed by atoms with Crippen molar-refractivity contribution < 1.29 is 14.3 Å². The van der Waals surface area contributed by atoms with Crippen LogP contribution < -0.4 is 15.0 Å². The standard InChI is InChI=1S/C31H35N3O3/c35-30(17-21-37-28-7-2-1-3-8-28)33-18-15-27(16-19-33)31(36)32-22-24-10-12-25(13-11-24)23-34-20-14-26-6-4-5-9-29(26)34/h1-13,27H,14-23H2,(H,32,36). The van der Waals surface area contributed by atoms with Crippen LogP contribution in [0.15, 0.2) is 78.9 Å². The maximum Gasteiger partial charge on any atom is 0.225 e. The number of amides is 2. The molecule has 0 aliphatic carbocycles. The lowest BCUT2D eigenvalue weighted by Gasteiger charge is -2.31. The molecule has 2 aliphatic rings. The summed E-state index contributed by atoms with van der Waals surface area (Å²) in [7, 11) is 0. The number of rotatable bonds is 9. The Bertz CT molecular complexity index is 1190. The normalized spacial score (nSPS) is 15.4. The van der Waals surface area contributed by atoms with Crippen LogP contribution in [0.1, 0.15) is 36.0 Å². The Hall–Kier alpha value is -3.80. The molecule has 0 radical (unpaired) electrons. The van der Waals surface area contributed by atoms with Crippen molar-refractivity contribution in [2.75, 3.05) is 31.1 Å². The molecule has 37 heavy (non-hydrogen) atoms. The quantitative estimate of drug-likeness (QED) is 0.470. The van der Waals surface area contributed by atoms with Crippen molar-refractivity contribution in [3.63, 3.8) is 0 Å². The third-order valence-corrected chi connectivity index (χ3v) is 7.39. The van der Waals surface area contributed by atoms with E-state index >= 15 is 0 Å². The van der Waals surface area contributed by atoms with Crippen LogP contribution in [0.25, 0.3) is 0 Å². The summed E-state index contributed by atoms with van der Waals surface area (Å²) in [5.74, 6) is 0.904. The molecule has 1 fully saturated rings. The van der Waals surface area contributed by atoms with Crippen molar-refractivity contribution in [2.24, 2.45) is 5.92 Å². The van der Waals surface area contributed by atoms with Crippen molar-refractivity contribution >= 4 is 17.5 Å². The highest BCUT2D eigenvalue weighted by atomic mass is 16.5. The molecule has 1 saturated heterocycles. The summed E-state index contributed by atoms with van der Waals surface area (Å²) in [5.41, 5.74) is 5.14. The monoisotopic (exact) mass is 497 g/mol. The predicted octanol–water partition coefficient (Wildman–Crippen LogP) is 4.57. The molecule has 0 spiro atoms. The summed E-state index contributed by atoms with van der Waals surface area (Å²) in [6, 6.07) is 26.7. The minimum absolute atomic E-state index is 0.0425. The number of hydrogen-bond acceptors (Lipinski definition) is 4. The molecule has 3 aromatic carbocycles. The van der Waals surface area contributed by atoms with E-state index in [9.17, 15) is 9.59 Å². The number of carbonyl (C=O) groups excluding carboxylic acids is 2. The van der Waals surface area contributed by atoms with Gasteiger partial charge in [0, 0.05) is 44.3 Å². The molecule has 3 aromatic rings. The second kappa shape index (κ2) is 12.0. The summed E-state index contributed by atoms with van der Waals surface area (Å²) < 4.78 is 5.64. The number of benzene rings is 3. The van der Waals surface area contributed by atoms with Gasteiger partial charge in [-0.2, -0.15) is 0 Å². The van der Waals surface area contributed by atoms with E-state index < -0.39 is 0 Å². The molecule has 0 atom stereocenters. The molecule has 0 saturated carbocycles. The van der Waals surface area contributed by atoms with Gasteiger partial charge in [-0.25, -0.2) is 0 Å². The number of piperidine rings is 1. The lowest BCUT2D eigenvalue weighted by atomic mass is 9.95. The molecular formula is C31H35N3O3. The van der Waals surface area contributed by atoms with E-state index in [1.165, 1.54) is 16.8 Å². The van der Waals surface area contributed by atoms with Gasteiger partial charge in [0.1, 0.15) is 5.75 Å². The first-order valence-electron chi connectivity index (χ1n) is 13.3. The molecule has 0 aromatic heterocycles. The van der Waals surface area contributed by atoms with Crippen molar-refractivity contribution in [2.45, 2.75) is 38.8 Å². The zero-order chi connectivity index (χ0) is 25.5. The Balaban J connectivity index is 1.01. The minimum atomic E-state index is -0.0425. The number of hydrogen-bond donors (Lipinski definition) is 1. The molecule has 2 heterocycles. The van der Waals surface area contributed by atoms with E-state index in [1.807, 2.05) is 35.2 Å². The van der Waals surface area contributed by atoms with Gasteiger partial charge >= 0.3 is 0 Å². The number of nitrogens with one attached hydrogen (secondary N) is 1. The third-order valence-electron chi connectivity index (χ3n) is 7.39. The van der Waals surface area contributed by atoms with Gasteiger partial charge in [-0.15, -0.1) is 0 Å². The number of nitrogens with zero attached hydrogens (tertiary/aromatic N) is 2. The lowest BCUT2D eigenvalue weighted by molar-refractivity contribution is -0.136. The van der Waals surface area contributed by atoms with Gasteiger partial charge in [0.25, 0.3) is 0 Å². The second-order valence-corrected chi connectivity index (χ2v) is 9.90. The Morgan fingerprint density at radius 2 is 1.54 bits per heavy atom. The smallest absolute Gasteiger partial charge is 0.225 e. The van der Waals surface area contributed by atoms with Gasteiger partial charge in [0.15, 0.2) is 0 Å². The third kappa shape index (κ3) is 6.50. The molecule has 5 rings (SSSR count). The van der Waals surface area contributed by atoms with E-state index in [4.69, 9.17) is 4.74 Å². The van der Waals surface area contributed by atoms with Crippen LogP contribution in [0.4, 0.5) is 5.69 Å². The minimum Gasteiger partial charge on any atom is -0.493 e. The van der Waals surface area contributed by atoms with Crippen molar-refractivity contribution in [1.82, 2.24) is 10.2 Å². The second-order valence-electron chi connectivity index (χ2n) is 9.90. The van der Waals surface area contributed by atoms with Crippen LogP contribution >= 0.6 is 0 Å². The van der Waals surface area contributed by atoms with Gasteiger partial charge in [0.2, 0.25) is 11.8 Å². The fourth-order valence-electron chi connectivity index (χ4n) is 5.21. The fraction of sp³-hybridized carbons (Fsp3) is 0.355. The van der Waals surface area contributed by atoms with Crippen LogP contribution in [0.5, 0.6) is 5.75 Å². The van der Waals surface area contributed by atoms with Crippen molar-refractivity contribution in [3.8, 4) is 5.75 Å². The summed E-state index contributed by atoms with van der Waals surface area (Å²) in [6.45, 7) is 4.10. The molecule has 2 amide bonds. The highest BCUT2D eigenvalue weighted by molar-refractivity contribution is 5.80. The maximum absolute atomic E-state index is 12.7. The van der Waals surface area contributed by atoms with Crippen LogP contribution in [0.2, 0.25) is 0 Å². The SMILES string of the molecule is O=C(NCc1ccc(CN2CCc3ccccc32)cc1)C1CCN(C(=O)CCOc2ccccc2)CC1. The number of ether oxygens (including phenoxy) is 1. The number of likely N-dealkylation sites (tertiary alicyclic amines) is 1. The summed E-state index contributed by atoms with van der Waals surface area (Å²) >= 11 is 0. The highest BCUT2D eigenvalue weighted by Gasteiger charge is 2.27. The average molecular weight is 498 g/mol. The van der Waals surface area contributed by atoms with E-state index in [2.05, 4.69) is 58.7 Å². The largest absolute Gasteiger partial charge is 0.493 e. The van der Waals surface area contributed by atoms with Crippen LogP contribution in [-0.2, 0) is 29.1 Å². The van der Waals surface area contributed by atoms with Crippen molar-refractivity contribution in [3.05, 3.63) is 95.6 Å². The molecule has 192 valence electrons. The number of anilines is 1.